The largest absolute Gasteiger partial charge is 0.384 e. The first-order chi connectivity index (χ1) is 8.17. The smallest absolute Gasteiger partial charge is 0.107 e. The molecule has 0 amide bonds. The van der Waals surface area contributed by atoms with Crippen LogP contribution in [-0.4, -0.2) is 38.5 Å². The molecule has 1 aromatic carbocycles. The molecule has 1 rings (SSSR count). The van der Waals surface area contributed by atoms with Crippen LogP contribution in [0.1, 0.15) is 18.9 Å². The minimum absolute atomic E-state index is 0.699. The molecule has 0 bridgehead atoms. The molecule has 0 N–H and O–H groups in total. The Kier molecular flexibility index (Phi) is 5.70. The fourth-order valence-corrected chi connectivity index (χ4v) is 1.57. The Labute approximate surface area is 104 Å². The molecule has 3 nitrogen and oxygen atoms in total. The first-order valence-corrected chi connectivity index (χ1v) is 6.00. The summed E-state index contributed by atoms with van der Waals surface area (Å²) in [5.74, 6) is 1.04. The topological polar surface area (TPSA) is 24.8 Å². The summed E-state index contributed by atoms with van der Waals surface area (Å²) in [7, 11) is 5.74. The van der Waals surface area contributed by atoms with Gasteiger partial charge in [-0.2, -0.15) is 0 Å². The Morgan fingerprint density at radius 2 is 2.12 bits per heavy atom. The molecule has 0 heterocycles. The van der Waals surface area contributed by atoms with Crippen molar-refractivity contribution in [1.29, 1.82) is 0 Å². The van der Waals surface area contributed by atoms with Gasteiger partial charge in [0.25, 0.3) is 0 Å². The van der Waals surface area contributed by atoms with Gasteiger partial charge in [0.2, 0.25) is 0 Å². The van der Waals surface area contributed by atoms with Crippen LogP contribution in [0.2, 0.25) is 0 Å². The minimum Gasteiger partial charge on any atom is -0.384 e. The molecule has 0 atom stereocenters. The molecule has 94 valence electrons. The van der Waals surface area contributed by atoms with Crippen molar-refractivity contribution < 1.29 is 4.74 Å². The van der Waals surface area contributed by atoms with Gasteiger partial charge >= 0.3 is 0 Å². The predicted molar refractivity (Wildman–Crippen MR) is 73.1 cm³/mol. The average Bonchev–Trinajstić information content (AvgIpc) is 2.34. The Bertz CT molecular complexity index is 372. The number of amidine groups is 1. The van der Waals surface area contributed by atoms with Crippen LogP contribution in [0.5, 0.6) is 0 Å². The first-order valence-electron chi connectivity index (χ1n) is 6.00. The molecule has 0 aliphatic rings. The van der Waals surface area contributed by atoms with Crippen molar-refractivity contribution in [2.75, 3.05) is 27.8 Å². The number of ether oxygens (including phenoxy) is 1. The van der Waals surface area contributed by atoms with Crippen molar-refractivity contribution in [3.8, 4) is 0 Å². The number of rotatable bonds is 5. The summed E-state index contributed by atoms with van der Waals surface area (Å²) in [5, 5.41) is 0. The molecule has 0 fully saturated rings. The summed E-state index contributed by atoms with van der Waals surface area (Å²) in [6, 6.07) is 8.36. The maximum atomic E-state index is 5.10. The third-order valence-corrected chi connectivity index (χ3v) is 2.62. The molecule has 1 aromatic rings. The van der Waals surface area contributed by atoms with E-state index in [0.29, 0.717) is 6.61 Å². The number of nitrogens with zero attached hydrogens (tertiary/aromatic N) is 2. The highest BCUT2D eigenvalue weighted by atomic mass is 16.5. The standard InChI is InChI=1S/C14H22N2O/c1-5-12-7-6-8-13(11-12)15-14(16(2)3)9-10-17-4/h6-8,11H,5,9-10H2,1-4H3/b15-14+. The molecule has 0 unspecified atom stereocenters. The van der Waals surface area contributed by atoms with E-state index in [4.69, 9.17) is 4.74 Å². The Hall–Kier alpha value is -1.35. The van der Waals surface area contributed by atoms with Gasteiger partial charge in [0, 0.05) is 27.6 Å². The lowest BCUT2D eigenvalue weighted by atomic mass is 10.1. The van der Waals surface area contributed by atoms with Gasteiger partial charge < -0.3 is 9.64 Å². The van der Waals surface area contributed by atoms with E-state index in [1.807, 2.05) is 25.1 Å². The Balaban J connectivity index is 2.87. The number of aryl methyl sites for hydroxylation is 1. The summed E-state index contributed by atoms with van der Waals surface area (Å²) < 4.78 is 5.10. The van der Waals surface area contributed by atoms with Gasteiger partial charge in [-0.15, -0.1) is 0 Å². The predicted octanol–water partition coefficient (Wildman–Crippen LogP) is 2.88. The van der Waals surface area contributed by atoms with Crippen LogP contribution in [0.4, 0.5) is 5.69 Å². The van der Waals surface area contributed by atoms with Gasteiger partial charge in [-0.3, -0.25) is 0 Å². The lowest BCUT2D eigenvalue weighted by Crippen LogP contribution is -2.23. The van der Waals surface area contributed by atoms with Gasteiger partial charge in [-0.05, 0) is 24.1 Å². The third kappa shape index (κ3) is 4.57. The highest BCUT2D eigenvalue weighted by Gasteiger charge is 2.02. The lowest BCUT2D eigenvalue weighted by Gasteiger charge is -2.15. The van der Waals surface area contributed by atoms with Crippen LogP contribution in [-0.2, 0) is 11.2 Å². The number of hydrogen-bond acceptors (Lipinski definition) is 2. The number of benzene rings is 1. The summed E-state index contributed by atoms with van der Waals surface area (Å²) >= 11 is 0. The van der Waals surface area contributed by atoms with Gasteiger partial charge in [-0.1, -0.05) is 19.1 Å². The molecule has 0 saturated carbocycles. The van der Waals surface area contributed by atoms with E-state index >= 15 is 0 Å². The van der Waals surface area contributed by atoms with Crippen molar-refractivity contribution in [3.63, 3.8) is 0 Å². The molecular weight excluding hydrogens is 212 g/mol. The van der Waals surface area contributed by atoms with E-state index in [-0.39, 0.29) is 0 Å². The quantitative estimate of drug-likeness (QED) is 0.578. The summed E-state index contributed by atoms with van der Waals surface area (Å²) in [6.07, 6.45) is 1.87. The SMILES string of the molecule is CCc1cccc(/N=C(\CCOC)N(C)C)c1. The molecule has 17 heavy (non-hydrogen) atoms. The van der Waals surface area contributed by atoms with Crippen LogP contribution in [0, 0.1) is 0 Å². The molecule has 0 aliphatic carbocycles. The van der Waals surface area contributed by atoms with Crippen LogP contribution in [0.3, 0.4) is 0 Å². The lowest BCUT2D eigenvalue weighted by molar-refractivity contribution is 0.205. The molecule has 0 saturated heterocycles. The van der Waals surface area contributed by atoms with Crippen molar-refractivity contribution in [3.05, 3.63) is 29.8 Å². The zero-order valence-corrected chi connectivity index (χ0v) is 11.2. The maximum absolute atomic E-state index is 5.10. The molecular formula is C14H22N2O. The Morgan fingerprint density at radius 3 is 2.71 bits per heavy atom. The second kappa shape index (κ2) is 7.07. The van der Waals surface area contributed by atoms with E-state index in [2.05, 4.69) is 30.1 Å². The van der Waals surface area contributed by atoms with Crippen LogP contribution < -0.4 is 0 Å². The average molecular weight is 234 g/mol. The molecule has 0 spiro atoms. The molecule has 0 radical (unpaired) electrons. The summed E-state index contributed by atoms with van der Waals surface area (Å²) in [5.41, 5.74) is 2.33. The monoisotopic (exact) mass is 234 g/mol. The zero-order chi connectivity index (χ0) is 12.7. The van der Waals surface area contributed by atoms with Gasteiger partial charge in [0.05, 0.1) is 12.3 Å². The van der Waals surface area contributed by atoms with E-state index in [1.54, 1.807) is 7.11 Å². The molecule has 0 aliphatic heterocycles. The minimum atomic E-state index is 0.699. The number of methoxy groups -OCH3 is 1. The highest BCUT2D eigenvalue weighted by Crippen LogP contribution is 2.15. The highest BCUT2D eigenvalue weighted by molar-refractivity contribution is 5.84. The van der Waals surface area contributed by atoms with Gasteiger partial charge in [0.15, 0.2) is 0 Å². The maximum Gasteiger partial charge on any atom is 0.107 e. The fourth-order valence-electron chi connectivity index (χ4n) is 1.57. The zero-order valence-electron chi connectivity index (χ0n) is 11.2. The second-order valence-corrected chi connectivity index (χ2v) is 4.19. The van der Waals surface area contributed by atoms with Crippen LogP contribution in [0.15, 0.2) is 29.3 Å². The van der Waals surface area contributed by atoms with E-state index < -0.39 is 0 Å². The van der Waals surface area contributed by atoms with Crippen LogP contribution >= 0.6 is 0 Å². The van der Waals surface area contributed by atoms with Crippen molar-refractivity contribution >= 4 is 11.5 Å². The number of aliphatic imine (C=N–C) groups is 1. The van der Waals surface area contributed by atoms with Crippen LogP contribution in [0.25, 0.3) is 0 Å². The third-order valence-electron chi connectivity index (χ3n) is 2.62. The summed E-state index contributed by atoms with van der Waals surface area (Å²) in [6.45, 7) is 2.85. The van der Waals surface area contributed by atoms with Crippen molar-refractivity contribution in [2.24, 2.45) is 4.99 Å². The second-order valence-electron chi connectivity index (χ2n) is 4.19. The van der Waals surface area contributed by atoms with Gasteiger partial charge in [-0.25, -0.2) is 4.99 Å². The molecule has 3 heteroatoms. The summed E-state index contributed by atoms with van der Waals surface area (Å²) in [4.78, 5) is 6.71. The number of hydrogen-bond donors (Lipinski definition) is 0. The van der Waals surface area contributed by atoms with E-state index in [9.17, 15) is 0 Å². The van der Waals surface area contributed by atoms with Gasteiger partial charge in [0.1, 0.15) is 5.84 Å². The normalized spacial score (nSPS) is 11.6. The van der Waals surface area contributed by atoms with E-state index in [1.165, 1.54) is 5.56 Å². The fraction of sp³-hybridized carbons (Fsp3) is 0.500. The van der Waals surface area contributed by atoms with Crippen molar-refractivity contribution in [2.45, 2.75) is 19.8 Å². The Morgan fingerprint density at radius 1 is 1.35 bits per heavy atom. The first kappa shape index (κ1) is 13.7. The molecule has 0 aromatic heterocycles. The van der Waals surface area contributed by atoms with Crippen molar-refractivity contribution in [1.82, 2.24) is 4.90 Å². The van der Waals surface area contributed by atoms with E-state index in [0.717, 1.165) is 24.4 Å².